The predicted molar refractivity (Wildman–Crippen MR) is 62.1 cm³/mol. The van der Waals surface area contributed by atoms with E-state index < -0.39 is 0 Å². The second-order valence-electron chi connectivity index (χ2n) is 3.02. The molecule has 76 valence electrons. The Bertz CT molecular complexity index is 453. The Labute approximate surface area is 99.6 Å². The Hall–Kier alpha value is -1.07. The summed E-state index contributed by atoms with van der Waals surface area (Å²) in [7, 11) is 0. The van der Waals surface area contributed by atoms with Gasteiger partial charge in [0.15, 0.2) is 5.78 Å². The van der Waals surface area contributed by atoms with E-state index in [9.17, 15) is 4.79 Å². The van der Waals surface area contributed by atoms with Gasteiger partial charge in [0.25, 0.3) is 0 Å². The fraction of sp³-hybridized carbons (Fsp3) is 0.100. The highest BCUT2D eigenvalue weighted by Crippen LogP contribution is 2.12. The highest BCUT2D eigenvalue weighted by molar-refractivity contribution is 9.10. The molecule has 0 radical (unpaired) electrons. The van der Waals surface area contributed by atoms with Crippen molar-refractivity contribution in [2.45, 2.75) is 6.42 Å². The van der Waals surface area contributed by atoms with E-state index in [1.807, 2.05) is 24.3 Å². The van der Waals surface area contributed by atoms with Gasteiger partial charge in [-0.3, -0.25) is 4.79 Å². The van der Waals surface area contributed by atoms with Crippen LogP contribution in [0.5, 0.6) is 0 Å². The molecule has 0 saturated carbocycles. The van der Waals surface area contributed by atoms with Gasteiger partial charge in [-0.2, -0.15) is 8.75 Å². The number of rotatable bonds is 3. The molecule has 1 aromatic heterocycles. The summed E-state index contributed by atoms with van der Waals surface area (Å²) in [5.74, 6) is 0.00562. The van der Waals surface area contributed by atoms with Crippen LogP contribution in [0.1, 0.15) is 16.1 Å². The van der Waals surface area contributed by atoms with Crippen molar-refractivity contribution in [3.63, 3.8) is 0 Å². The Morgan fingerprint density at radius 3 is 2.67 bits per heavy atom. The molecule has 0 bridgehead atoms. The van der Waals surface area contributed by atoms with Gasteiger partial charge >= 0.3 is 0 Å². The molecule has 0 atom stereocenters. The molecule has 0 saturated heterocycles. The van der Waals surface area contributed by atoms with Crippen molar-refractivity contribution in [3.8, 4) is 0 Å². The zero-order valence-corrected chi connectivity index (χ0v) is 10.1. The minimum absolute atomic E-state index is 0.00562. The van der Waals surface area contributed by atoms with Gasteiger partial charge in [-0.05, 0) is 17.7 Å². The molecule has 2 aromatic rings. The second-order valence-corrected chi connectivity index (χ2v) is 4.49. The SMILES string of the molecule is O=C(Cc1ccc(Br)cc1)c1cnsn1. The number of benzene rings is 1. The molecule has 0 N–H and O–H groups in total. The molecule has 0 amide bonds. The van der Waals surface area contributed by atoms with Crippen molar-refractivity contribution in [2.75, 3.05) is 0 Å². The molecular weight excluding hydrogens is 276 g/mol. The monoisotopic (exact) mass is 282 g/mol. The van der Waals surface area contributed by atoms with Crippen molar-refractivity contribution in [1.82, 2.24) is 8.75 Å². The summed E-state index contributed by atoms with van der Waals surface area (Å²) in [4.78, 5) is 11.7. The number of hydrogen-bond donors (Lipinski definition) is 0. The highest BCUT2D eigenvalue weighted by atomic mass is 79.9. The van der Waals surface area contributed by atoms with Crippen molar-refractivity contribution in [2.24, 2.45) is 0 Å². The van der Waals surface area contributed by atoms with Gasteiger partial charge in [-0.25, -0.2) is 0 Å². The second kappa shape index (κ2) is 4.63. The zero-order valence-electron chi connectivity index (χ0n) is 7.68. The molecule has 3 nitrogen and oxygen atoms in total. The molecule has 0 aliphatic rings. The topological polar surface area (TPSA) is 42.9 Å². The van der Waals surface area contributed by atoms with Gasteiger partial charge in [-0.1, -0.05) is 28.1 Å². The Kier molecular flexibility index (Phi) is 3.23. The Morgan fingerprint density at radius 1 is 1.33 bits per heavy atom. The third kappa shape index (κ3) is 2.70. The van der Waals surface area contributed by atoms with Crippen LogP contribution in [-0.4, -0.2) is 14.5 Å². The van der Waals surface area contributed by atoms with E-state index in [4.69, 9.17) is 0 Å². The summed E-state index contributed by atoms with van der Waals surface area (Å²) < 4.78 is 8.71. The van der Waals surface area contributed by atoms with Crippen LogP contribution < -0.4 is 0 Å². The quantitative estimate of drug-likeness (QED) is 0.813. The maximum Gasteiger partial charge on any atom is 0.188 e. The van der Waals surface area contributed by atoms with E-state index in [1.165, 1.54) is 6.20 Å². The maximum absolute atomic E-state index is 11.7. The van der Waals surface area contributed by atoms with Crippen molar-refractivity contribution < 1.29 is 4.79 Å². The molecule has 0 aliphatic carbocycles. The van der Waals surface area contributed by atoms with Crippen LogP contribution in [0.15, 0.2) is 34.9 Å². The lowest BCUT2D eigenvalue weighted by molar-refractivity contribution is 0.0989. The normalized spacial score (nSPS) is 10.2. The number of aromatic nitrogens is 2. The Morgan fingerprint density at radius 2 is 2.07 bits per heavy atom. The van der Waals surface area contributed by atoms with E-state index in [0.29, 0.717) is 12.1 Å². The molecule has 1 aromatic carbocycles. The number of carbonyl (C=O) groups excluding carboxylic acids is 1. The molecule has 0 aliphatic heterocycles. The first-order chi connectivity index (χ1) is 7.25. The zero-order chi connectivity index (χ0) is 10.7. The molecule has 0 spiro atoms. The summed E-state index contributed by atoms with van der Waals surface area (Å²) in [6.07, 6.45) is 1.88. The van der Waals surface area contributed by atoms with Gasteiger partial charge in [0, 0.05) is 10.9 Å². The molecule has 0 unspecified atom stereocenters. The highest BCUT2D eigenvalue weighted by Gasteiger charge is 2.09. The lowest BCUT2D eigenvalue weighted by Gasteiger charge is -1.98. The van der Waals surface area contributed by atoms with Crippen LogP contribution in [0.4, 0.5) is 0 Å². The van der Waals surface area contributed by atoms with Crippen LogP contribution in [0.2, 0.25) is 0 Å². The number of nitrogens with zero attached hydrogens (tertiary/aromatic N) is 2. The van der Waals surface area contributed by atoms with Crippen LogP contribution in [0, 0.1) is 0 Å². The van der Waals surface area contributed by atoms with E-state index in [0.717, 1.165) is 21.8 Å². The van der Waals surface area contributed by atoms with Crippen LogP contribution in [0.25, 0.3) is 0 Å². The van der Waals surface area contributed by atoms with Gasteiger partial charge in [0.1, 0.15) is 5.69 Å². The van der Waals surface area contributed by atoms with Gasteiger partial charge < -0.3 is 0 Å². The van der Waals surface area contributed by atoms with Gasteiger partial charge in [0.2, 0.25) is 0 Å². The molecule has 0 fully saturated rings. The van der Waals surface area contributed by atoms with E-state index in [-0.39, 0.29) is 5.78 Å². The number of halogens is 1. The van der Waals surface area contributed by atoms with Crippen molar-refractivity contribution in [3.05, 3.63) is 46.2 Å². The molecule has 15 heavy (non-hydrogen) atoms. The van der Waals surface area contributed by atoms with Crippen LogP contribution >= 0.6 is 27.7 Å². The summed E-state index contributed by atoms with van der Waals surface area (Å²) in [6, 6.07) is 7.67. The summed E-state index contributed by atoms with van der Waals surface area (Å²) in [6.45, 7) is 0. The lowest BCUT2D eigenvalue weighted by atomic mass is 10.1. The molecular formula is C10H7BrN2OS. The first-order valence-corrected chi connectivity index (χ1v) is 5.83. The first kappa shape index (κ1) is 10.4. The first-order valence-electron chi connectivity index (χ1n) is 4.31. The lowest BCUT2D eigenvalue weighted by Crippen LogP contribution is -2.03. The van der Waals surface area contributed by atoms with Crippen LogP contribution in [-0.2, 0) is 6.42 Å². The average molecular weight is 283 g/mol. The number of Topliss-reactive ketones (excluding diaryl/α,β-unsaturated/α-hetero) is 1. The standard InChI is InChI=1S/C10H7BrN2OS/c11-8-3-1-7(2-4-8)5-10(14)9-6-12-15-13-9/h1-4,6H,5H2. The molecule has 2 rings (SSSR count). The van der Waals surface area contributed by atoms with Crippen molar-refractivity contribution >= 4 is 33.4 Å². The molecule has 1 heterocycles. The third-order valence-corrected chi connectivity index (χ3v) is 2.93. The summed E-state index contributed by atoms with van der Waals surface area (Å²) in [5.41, 5.74) is 1.43. The third-order valence-electron chi connectivity index (χ3n) is 1.92. The van der Waals surface area contributed by atoms with Crippen LogP contribution in [0.3, 0.4) is 0 Å². The smallest absolute Gasteiger partial charge is 0.188 e. The predicted octanol–water partition coefficient (Wildman–Crippen LogP) is 2.73. The summed E-state index contributed by atoms with van der Waals surface area (Å²) in [5, 5.41) is 0. The molecule has 5 heteroatoms. The maximum atomic E-state index is 11.7. The summed E-state index contributed by atoms with van der Waals surface area (Å²) >= 11 is 4.40. The van der Waals surface area contributed by atoms with Gasteiger partial charge in [-0.15, -0.1) is 0 Å². The number of ketones is 1. The van der Waals surface area contributed by atoms with E-state index >= 15 is 0 Å². The minimum Gasteiger partial charge on any atom is -0.292 e. The van der Waals surface area contributed by atoms with Crippen molar-refractivity contribution in [1.29, 1.82) is 0 Å². The van der Waals surface area contributed by atoms with E-state index in [1.54, 1.807) is 0 Å². The minimum atomic E-state index is 0.00562. The number of carbonyl (C=O) groups is 1. The number of hydrogen-bond acceptors (Lipinski definition) is 4. The fourth-order valence-corrected chi connectivity index (χ4v) is 1.86. The van der Waals surface area contributed by atoms with E-state index in [2.05, 4.69) is 24.7 Å². The average Bonchev–Trinajstić information content (AvgIpc) is 2.74. The fourth-order valence-electron chi connectivity index (χ4n) is 1.17. The van der Waals surface area contributed by atoms with Gasteiger partial charge in [0.05, 0.1) is 17.9 Å². The largest absolute Gasteiger partial charge is 0.292 e. The Balaban J connectivity index is 2.09.